The Labute approximate surface area is 128 Å². The number of hydrogen-bond acceptors (Lipinski definition) is 3. The zero-order valence-electron chi connectivity index (χ0n) is 11.8. The van der Waals surface area contributed by atoms with E-state index in [1.54, 1.807) is 11.3 Å². The number of fused-ring (bicyclic) bond motifs is 1. The second kappa shape index (κ2) is 5.28. The number of anilines is 1. The fourth-order valence-electron chi connectivity index (χ4n) is 3.56. The third-order valence-electron chi connectivity index (χ3n) is 4.57. The third kappa shape index (κ3) is 2.39. The molecule has 3 heterocycles. The standard InChI is InChI=1S/C17H18N2OS/c20-17-16-11-18(8-13-6-7-21-12-13)9-14(16)10-19(17)15-4-2-1-3-5-15/h1-7,12,14,16H,8-11H2. The molecule has 2 saturated heterocycles. The minimum absolute atomic E-state index is 0.184. The summed E-state index contributed by atoms with van der Waals surface area (Å²) in [6.45, 7) is 3.79. The van der Waals surface area contributed by atoms with E-state index >= 15 is 0 Å². The van der Waals surface area contributed by atoms with Crippen molar-refractivity contribution in [3.05, 3.63) is 52.7 Å². The van der Waals surface area contributed by atoms with Gasteiger partial charge in [-0.3, -0.25) is 9.69 Å². The second-order valence-electron chi connectivity index (χ2n) is 5.98. The molecule has 2 aliphatic rings. The van der Waals surface area contributed by atoms with Crippen LogP contribution >= 0.6 is 11.3 Å². The Bertz CT molecular complexity index is 626. The molecule has 4 heteroatoms. The number of amides is 1. The maximum absolute atomic E-state index is 12.6. The molecular formula is C17H18N2OS. The summed E-state index contributed by atoms with van der Waals surface area (Å²) >= 11 is 1.74. The lowest BCUT2D eigenvalue weighted by Gasteiger charge is -2.21. The van der Waals surface area contributed by atoms with E-state index in [4.69, 9.17) is 0 Å². The van der Waals surface area contributed by atoms with Crippen molar-refractivity contribution in [2.75, 3.05) is 24.5 Å². The van der Waals surface area contributed by atoms with Gasteiger partial charge in [0.05, 0.1) is 5.92 Å². The summed E-state index contributed by atoms with van der Waals surface area (Å²) in [6, 6.07) is 12.2. The number of thiophene rings is 1. The maximum Gasteiger partial charge on any atom is 0.231 e. The fourth-order valence-corrected chi connectivity index (χ4v) is 4.22. The van der Waals surface area contributed by atoms with Crippen molar-refractivity contribution in [1.82, 2.24) is 4.90 Å². The topological polar surface area (TPSA) is 23.6 Å². The molecule has 0 aliphatic carbocycles. The Kier molecular flexibility index (Phi) is 3.28. The van der Waals surface area contributed by atoms with Crippen LogP contribution in [0.3, 0.4) is 0 Å². The molecule has 0 bridgehead atoms. The van der Waals surface area contributed by atoms with Crippen molar-refractivity contribution >= 4 is 22.9 Å². The van der Waals surface area contributed by atoms with E-state index in [2.05, 4.69) is 21.7 Å². The van der Waals surface area contributed by atoms with E-state index in [0.29, 0.717) is 11.8 Å². The Hall–Kier alpha value is -1.65. The highest BCUT2D eigenvalue weighted by molar-refractivity contribution is 7.07. The highest BCUT2D eigenvalue weighted by Crippen LogP contribution is 2.35. The maximum atomic E-state index is 12.6. The molecule has 0 spiro atoms. The van der Waals surface area contributed by atoms with Crippen LogP contribution in [0.25, 0.3) is 0 Å². The molecule has 2 unspecified atom stereocenters. The molecule has 4 rings (SSSR count). The van der Waals surface area contributed by atoms with E-state index in [1.807, 2.05) is 35.2 Å². The van der Waals surface area contributed by atoms with Gasteiger partial charge in [0.1, 0.15) is 0 Å². The molecule has 21 heavy (non-hydrogen) atoms. The van der Waals surface area contributed by atoms with Crippen molar-refractivity contribution in [2.24, 2.45) is 11.8 Å². The molecule has 2 atom stereocenters. The normalized spacial score (nSPS) is 25.5. The minimum atomic E-state index is 0.184. The highest BCUT2D eigenvalue weighted by atomic mass is 32.1. The summed E-state index contributed by atoms with van der Waals surface area (Å²) in [6.07, 6.45) is 0. The number of carbonyl (C=O) groups is 1. The molecule has 3 nitrogen and oxygen atoms in total. The fraction of sp³-hybridized carbons (Fsp3) is 0.353. The van der Waals surface area contributed by atoms with Crippen molar-refractivity contribution < 1.29 is 4.79 Å². The second-order valence-corrected chi connectivity index (χ2v) is 6.76. The van der Waals surface area contributed by atoms with E-state index in [0.717, 1.165) is 31.9 Å². The van der Waals surface area contributed by atoms with E-state index in [-0.39, 0.29) is 5.92 Å². The summed E-state index contributed by atoms with van der Waals surface area (Å²) in [5.74, 6) is 0.971. The predicted octanol–water partition coefficient (Wildman–Crippen LogP) is 2.84. The van der Waals surface area contributed by atoms with Gasteiger partial charge in [-0.15, -0.1) is 0 Å². The lowest BCUT2D eigenvalue weighted by Crippen LogP contribution is -2.32. The molecular weight excluding hydrogens is 280 g/mol. The van der Waals surface area contributed by atoms with Gasteiger partial charge in [0, 0.05) is 37.8 Å². The lowest BCUT2D eigenvalue weighted by molar-refractivity contribution is -0.120. The van der Waals surface area contributed by atoms with Gasteiger partial charge in [-0.25, -0.2) is 0 Å². The average molecular weight is 298 g/mol. The zero-order valence-corrected chi connectivity index (χ0v) is 12.6. The molecule has 2 fully saturated rings. The molecule has 0 N–H and O–H groups in total. The Morgan fingerprint density at radius 1 is 1.10 bits per heavy atom. The molecule has 0 radical (unpaired) electrons. The van der Waals surface area contributed by atoms with Crippen LogP contribution in [0.1, 0.15) is 5.56 Å². The Morgan fingerprint density at radius 3 is 2.67 bits per heavy atom. The van der Waals surface area contributed by atoms with Crippen LogP contribution < -0.4 is 4.90 Å². The van der Waals surface area contributed by atoms with Crippen LogP contribution in [0.4, 0.5) is 5.69 Å². The number of carbonyl (C=O) groups excluding carboxylic acids is 1. The molecule has 2 aliphatic heterocycles. The first-order valence-electron chi connectivity index (χ1n) is 7.41. The monoisotopic (exact) mass is 298 g/mol. The predicted molar refractivity (Wildman–Crippen MR) is 85.4 cm³/mol. The molecule has 1 aromatic heterocycles. The summed E-state index contributed by atoms with van der Waals surface area (Å²) in [7, 11) is 0. The molecule has 1 amide bonds. The van der Waals surface area contributed by atoms with Crippen LogP contribution in [-0.2, 0) is 11.3 Å². The number of likely N-dealkylation sites (tertiary alicyclic amines) is 1. The largest absolute Gasteiger partial charge is 0.312 e. The number of hydrogen-bond donors (Lipinski definition) is 0. The zero-order chi connectivity index (χ0) is 14.2. The van der Waals surface area contributed by atoms with Crippen molar-refractivity contribution in [3.63, 3.8) is 0 Å². The molecule has 0 saturated carbocycles. The number of benzene rings is 1. The number of para-hydroxylation sites is 1. The average Bonchev–Trinajstić information content (AvgIpc) is 3.20. The van der Waals surface area contributed by atoms with Gasteiger partial charge in [0.2, 0.25) is 5.91 Å². The smallest absolute Gasteiger partial charge is 0.231 e. The van der Waals surface area contributed by atoms with Gasteiger partial charge in [0.15, 0.2) is 0 Å². The summed E-state index contributed by atoms with van der Waals surface area (Å²) in [5, 5.41) is 4.32. The van der Waals surface area contributed by atoms with Crippen molar-refractivity contribution in [3.8, 4) is 0 Å². The van der Waals surface area contributed by atoms with Crippen molar-refractivity contribution in [2.45, 2.75) is 6.54 Å². The quantitative estimate of drug-likeness (QED) is 0.870. The first kappa shape index (κ1) is 13.0. The van der Waals surface area contributed by atoms with E-state index in [9.17, 15) is 4.79 Å². The summed E-state index contributed by atoms with van der Waals surface area (Å²) in [5.41, 5.74) is 2.41. The Balaban J connectivity index is 1.45. The van der Waals surface area contributed by atoms with Gasteiger partial charge in [-0.2, -0.15) is 11.3 Å². The number of rotatable bonds is 3. The lowest BCUT2D eigenvalue weighted by atomic mass is 10.0. The van der Waals surface area contributed by atoms with Crippen molar-refractivity contribution in [1.29, 1.82) is 0 Å². The van der Waals surface area contributed by atoms with Crippen LogP contribution in [0.15, 0.2) is 47.2 Å². The Morgan fingerprint density at radius 2 is 1.95 bits per heavy atom. The first-order chi connectivity index (χ1) is 10.3. The highest BCUT2D eigenvalue weighted by Gasteiger charge is 2.46. The minimum Gasteiger partial charge on any atom is -0.312 e. The van der Waals surface area contributed by atoms with Crippen LogP contribution in [0, 0.1) is 11.8 Å². The van der Waals surface area contributed by atoms with Crippen LogP contribution in [0.5, 0.6) is 0 Å². The summed E-state index contributed by atoms with van der Waals surface area (Å²) < 4.78 is 0. The summed E-state index contributed by atoms with van der Waals surface area (Å²) in [4.78, 5) is 17.0. The van der Waals surface area contributed by atoms with E-state index < -0.39 is 0 Å². The molecule has 1 aromatic carbocycles. The van der Waals surface area contributed by atoms with Crippen LogP contribution in [0.2, 0.25) is 0 Å². The van der Waals surface area contributed by atoms with Gasteiger partial charge in [-0.05, 0) is 34.5 Å². The third-order valence-corrected chi connectivity index (χ3v) is 5.30. The first-order valence-corrected chi connectivity index (χ1v) is 8.35. The van der Waals surface area contributed by atoms with Gasteiger partial charge < -0.3 is 4.90 Å². The van der Waals surface area contributed by atoms with Gasteiger partial charge in [0.25, 0.3) is 0 Å². The van der Waals surface area contributed by atoms with Crippen LogP contribution in [-0.4, -0.2) is 30.4 Å². The van der Waals surface area contributed by atoms with E-state index in [1.165, 1.54) is 5.56 Å². The SMILES string of the molecule is O=C1C2CN(Cc3ccsc3)CC2CN1c1ccccc1. The molecule has 2 aromatic rings. The van der Waals surface area contributed by atoms with Gasteiger partial charge in [-0.1, -0.05) is 18.2 Å². The molecule has 108 valence electrons. The number of nitrogens with zero attached hydrogens (tertiary/aromatic N) is 2. The van der Waals surface area contributed by atoms with Gasteiger partial charge >= 0.3 is 0 Å².